The van der Waals surface area contributed by atoms with E-state index >= 15 is 0 Å². The molecule has 2 aromatic rings. The molecule has 7 nitrogen and oxygen atoms in total. The first-order chi connectivity index (χ1) is 11.5. The molecule has 1 saturated carbocycles. The van der Waals surface area contributed by atoms with Crippen molar-refractivity contribution in [2.75, 3.05) is 12.3 Å². The number of hydrogen-bond acceptors (Lipinski definition) is 7. The summed E-state index contributed by atoms with van der Waals surface area (Å²) in [6.45, 7) is 0.610. The summed E-state index contributed by atoms with van der Waals surface area (Å²) >= 11 is 0. The van der Waals surface area contributed by atoms with Crippen LogP contribution in [0, 0.1) is 17.2 Å². The molecule has 2 unspecified atom stereocenters. The third-order valence-corrected chi connectivity index (χ3v) is 4.56. The molecule has 7 heteroatoms. The number of aromatic hydroxyl groups is 2. The Kier molecular flexibility index (Phi) is 4.23. The SMILES string of the molecule is N#Cc1c(N)nc(-c2cc(O)ccc2O)nc1C1CCC(CN)C1. The molecule has 1 fully saturated rings. The quantitative estimate of drug-likeness (QED) is 0.631. The van der Waals surface area contributed by atoms with Crippen molar-refractivity contribution >= 4 is 5.82 Å². The fraction of sp³-hybridized carbons (Fsp3) is 0.353. The molecular formula is C17H19N5O2. The number of nitrogen functional groups attached to an aromatic ring is 1. The zero-order chi connectivity index (χ0) is 17.3. The van der Waals surface area contributed by atoms with Crippen LogP contribution in [-0.4, -0.2) is 26.7 Å². The molecule has 3 rings (SSSR count). The fourth-order valence-electron chi connectivity index (χ4n) is 3.27. The van der Waals surface area contributed by atoms with Gasteiger partial charge in [0.15, 0.2) is 5.82 Å². The van der Waals surface area contributed by atoms with Gasteiger partial charge in [0.25, 0.3) is 0 Å². The Hall–Kier alpha value is -2.85. The molecule has 24 heavy (non-hydrogen) atoms. The van der Waals surface area contributed by atoms with E-state index < -0.39 is 0 Å². The van der Waals surface area contributed by atoms with Crippen molar-refractivity contribution in [2.45, 2.75) is 25.2 Å². The van der Waals surface area contributed by atoms with E-state index in [1.165, 1.54) is 18.2 Å². The van der Waals surface area contributed by atoms with Crippen LogP contribution in [0.2, 0.25) is 0 Å². The maximum Gasteiger partial charge on any atom is 0.165 e. The van der Waals surface area contributed by atoms with Crippen molar-refractivity contribution < 1.29 is 10.2 Å². The van der Waals surface area contributed by atoms with Gasteiger partial charge in [0.2, 0.25) is 0 Å². The summed E-state index contributed by atoms with van der Waals surface area (Å²) in [5.74, 6) is 0.712. The summed E-state index contributed by atoms with van der Waals surface area (Å²) in [7, 11) is 0. The molecule has 1 aromatic carbocycles. The van der Waals surface area contributed by atoms with Crippen LogP contribution in [-0.2, 0) is 0 Å². The summed E-state index contributed by atoms with van der Waals surface area (Å²) in [5.41, 5.74) is 12.9. The molecule has 2 atom stereocenters. The van der Waals surface area contributed by atoms with Gasteiger partial charge in [-0.05, 0) is 49.9 Å². The summed E-state index contributed by atoms with van der Waals surface area (Å²) in [5, 5.41) is 29.1. The average Bonchev–Trinajstić information content (AvgIpc) is 3.05. The minimum atomic E-state index is -0.0610. The topological polar surface area (TPSA) is 142 Å². The average molecular weight is 325 g/mol. The number of rotatable bonds is 3. The van der Waals surface area contributed by atoms with Gasteiger partial charge < -0.3 is 21.7 Å². The number of benzene rings is 1. The standard InChI is InChI=1S/C17H19N5O2/c18-7-9-1-2-10(5-9)15-13(8-19)16(20)22-17(21-15)12-6-11(23)3-4-14(12)24/h3-4,6,9-10,23-24H,1-2,5,7,18H2,(H2,20,21,22). The predicted octanol–water partition coefficient (Wildman–Crippen LogP) is 1.85. The molecule has 1 aliphatic carbocycles. The van der Waals surface area contributed by atoms with Gasteiger partial charge in [0.05, 0.1) is 11.3 Å². The summed E-state index contributed by atoms with van der Waals surface area (Å²) in [6.07, 6.45) is 2.73. The van der Waals surface area contributed by atoms with Crippen LogP contribution in [0.1, 0.15) is 36.4 Å². The lowest BCUT2D eigenvalue weighted by Gasteiger charge is -2.15. The maximum atomic E-state index is 10.0. The first kappa shape index (κ1) is 16.0. The van der Waals surface area contributed by atoms with E-state index in [-0.39, 0.29) is 40.2 Å². The molecule has 0 spiro atoms. The van der Waals surface area contributed by atoms with E-state index in [9.17, 15) is 15.5 Å². The molecule has 0 amide bonds. The molecule has 0 bridgehead atoms. The van der Waals surface area contributed by atoms with Gasteiger partial charge in [0.1, 0.15) is 28.9 Å². The van der Waals surface area contributed by atoms with E-state index in [0.717, 1.165) is 19.3 Å². The first-order valence-corrected chi connectivity index (χ1v) is 7.83. The highest BCUT2D eigenvalue weighted by atomic mass is 16.3. The smallest absolute Gasteiger partial charge is 0.165 e. The van der Waals surface area contributed by atoms with Crippen LogP contribution < -0.4 is 11.5 Å². The highest BCUT2D eigenvalue weighted by molar-refractivity contribution is 5.68. The minimum absolute atomic E-state index is 0.0139. The third-order valence-electron chi connectivity index (χ3n) is 4.56. The molecule has 0 radical (unpaired) electrons. The molecule has 0 saturated heterocycles. The molecule has 1 aliphatic rings. The Morgan fingerprint density at radius 2 is 2.04 bits per heavy atom. The predicted molar refractivity (Wildman–Crippen MR) is 89.1 cm³/mol. The Bertz CT molecular complexity index is 815. The largest absolute Gasteiger partial charge is 0.508 e. The Labute approximate surface area is 139 Å². The third kappa shape index (κ3) is 2.84. The number of aromatic nitrogens is 2. The van der Waals surface area contributed by atoms with Crippen molar-refractivity contribution in [2.24, 2.45) is 11.7 Å². The minimum Gasteiger partial charge on any atom is -0.508 e. The second-order valence-corrected chi connectivity index (χ2v) is 6.12. The highest BCUT2D eigenvalue weighted by Gasteiger charge is 2.29. The number of nitrogens with zero attached hydrogens (tertiary/aromatic N) is 3. The zero-order valence-electron chi connectivity index (χ0n) is 13.1. The summed E-state index contributed by atoms with van der Waals surface area (Å²) < 4.78 is 0. The number of phenolic OH excluding ortho intramolecular Hbond substituents is 2. The molecule has 1 aromatic heterocycles. The van der Waals surface area contributed by atoms with E-state index in [4.69, 9.17) is 11.5 Å². The second-order valence-electron chi connectivity index (χ2n) is 6.12. The van der Waals surface area contributed by atoms with Crippen molar-refractivity contribution in [3.05, 3.63) is 29.5 Å². The normalized spacial score (nSPS) is 20.0. The van der Waals surface area contributed by atoms with Crippen LogP contribution in [0.3, 0.4) is 0 Å². The van der Waals surface area contributed by atoms with E-state index in [1.807, 2.05) is 0 Å². The maximum absolute atomic E-state index is 10.0. The number of hydrogen-bond donors (Lipinski definition) is 4. The lowest BCUT2D eigenvalue weighted by atomic mass is 9.97. The first-order valence-electron chi connectivity index (χ1n) is 7.83. The Morgan fingerprint density at radius 3 is 2.71 bits per heavy atom. The number of nitriles is 1. The molecule has 124 valence electrons. The highest BCUT2D eigenvalue weighted by Crippen LogP contribution is 2.40. The molecule has 1 heterocycles. The fourth-order valence-corrected chi connectivity index (χ4v) is 3.27. The van der Waals surface area contributed by atoms with Crippen LogP contribution >= 0.6 is 0 Å². The molecular weight excluding hydrogens is 306 g/mol. The molecule has 6 N–H and O–H groups in total. The van der Waals surface area contributed by atoms with Gasteiger partial charge in [-0.1, -0.05) is 0 Å². The van der Waals surface area contributed by atoms with Gasteiger partial charge in [-0.3, -0.25) is 0 Å². The summed E-state index contributed by atoms with van der Waals surface area (Å²) in [4.78, 5) is 8.64. The van der Waals surface area contributed by atoms with E-state index in [1.54, 1.807) is 0 Å². The lowest BCUT2D eigenvalue weighted by molar-refractivity contribution is 0.461. The van der Waals surface area contributed by atoms with Gasteiger partial charge in [0, 0.05) is 5.92 Å². The van der Waals surface area contributed by atoms with Gasteiger partial charge in [-0.15, -0.1) is 0 Å². The van der Waals surface area contributed by atoms with E-state index in [2.05, 4.69) is 16.0 Å². The van der Waals surface area contributed by atoms with Crippen molar-refractivity contribution in [1.82, 2.24) is 9.97 Å². The van der Waals surface area contributed by atoms with Crippen LogP contribution in [0.4, 0.5) is 5.82 Å². The Balaban J connectivity index is 2.10. The van der Waals surface area contributed by atoms with Crippen molar-refractivity contribution in [1.29, 1.82) is 5.26 Å². The van der Waals surface area contributed by atoms with Crippen LogP contribution in [0.15, 0.2) is 18.2 Å². The van der Waals surface area contributed by atoms with E-state index in [0.29, 0.717) is 18.2 Å². The zero-order valence-corrected chi connectivity index (χ0v) is 13.1. The molecule has 0 aliphatic heterocycles. The number of anilines is 1. The van der Waals surface area contributed by atoms with Gasteiger partial charge >= 0.3 is 0 Å². The van der Waals surface area contributed by atoms with Gasteiger partial charge in [-0.2, -0.15) is 5.26 Å². The monoisotopic (exact) mass is 325 g/mol. The second kappa shape index (κ2) is 6.34. The van der Waals surface area contributed by atoms with Crippen molar-refractivity contribution in [3.63, 3.8) is 0 Å². The van der Waals surface area contributed by atoms with Crippen LogP contribution in [0.5, 0.6) is 11.5 Å². The lowest BCUT2D eigenvalue weighted by Crippen LogP contribution is -2.12. The number of phenols is 2. The van der Waals surface area contributed by atoms with Gasteiger partial charge in [-0.25, -0.2) is 9.97 Å². The Morgan fingerprint density at radius 1 is 1.25 bits per heavy atom. The summed E-state index contributed by atoms with van der Waals surface area (Å²) in [6, 6.07) is 6.19. The number of nitrogens with two attached hydrogens (primary N) is 2. The van der Waals surface area contributed by atoms with Crippen LogP contribution in [0.25, 0.3) is 11.4 Å². The van der Waals surface area contributed by atoms with Crippen molar-refractivity contribution in [3.8, 4) is 29.0 Å².